The number of ether oxygens (including phenoxy) is 2. The molecule has 0 aliphatic heterocycles. The Morgan fingerprint density at radius 1 is 1.16 bits per heavy atom. The summed E-state index contributed by atoms with van der Waals surface area (Å²) >= 11 is 0. The third kappa shape index (κ3) is 4.62. The molecule has 0 bridgehead atoms. The van der Waals surface area contributed by atoms with Gasteiger partial charge in [-0.2, -0.15) is 0 Å². The largest absolute Gasteiger partial charge is 0.467 e. The number of carbonyl (C=O) groups excluding carboxylic acids is 2. The highest BCUT2D eigenvalue weighted by Gasteiger charge is 2.25. The number of aryl methyl sites for hydroxylation is 1. The second-order valence-electron chi connectivity index (χ2n) is 4.59. The number of hydrogen-bond donors (Lipinski definition) is 1. The lowest BCUT2D eigenvalue weighted by molar-refractivity contribution is -0.144. The van der Waals surface area contributed by atoms with Crippen LogP contribution >= 0.6 is 0 Å². The van der Waals surface area contributed by atoms with Crippen LogP contribution in [0.25, 0.3) is 0 Å². The number of amides is 1. The molecule has 0 radical (unpaired) electrons. The number of carbonyl (C=O) groups is 2. The zero-order valence-electron chi connectivity index (χ0n) is 11.6. The summed E-state index contributed by atoms with van der Waals surface area (Å²) in [6, 6.07) is 6.34. The van der Waals surface area contributed by atoms with Gasteiger partial charge in [0, 0.05) is 0 Å². The first-order chi connectivity index (χ1) is 8.93. The quantitative estimate of drug-likeness (QED) is 0.848. The predicted molar refractivity (Wildman–Crippen MR) is 71.0 cm³/mol. The standard InChI is InChI=1S/C14H19NO4/c1-9(2)12(13(16)18-4)15-14(17)19-11-7-5-10(3)6-8-11/h5-9,12H,1-4H3,(H,15,17). The van der Waals surface area contributed by atoms with E-state index in [-0.39, 0.29) is 5.92 Å². The van der Waals surface area contributed by atoms with E-state index in [0.717, 1.165) is 5.56 Å². The molecule has 1 atom stereocenters. The number of nitrogens with one attached hydrogen (secondary N) is 1. The molecule has 1 unspecified atom stereocenters. The Morgan fingerprint density at radius 2 is 1.74 bits per heavy atom. The minimum absolute atomic E-state index is 0.0852. The lowest BCUT2D eigenvalue weighted by atomic mass is 10.1. The number of benzene rings is 1. The maximum absolute atomic E-state index is 11.7. The molecule has 1 rings (SSSR count). The number of esters is 1. The summed E-state index contributed by atoms with van der Waals surface area (Å²) in [5.74, 6) is -0.149. The van der Waals surface area contributed by atoms with Gasteiger partial charge >= 0.3 is 12.1 Å². The Bertz CT molecular complexity index is 439. The van der Waals surface area contributed by atoms with E-state index < -0.39 is 18.1 Å². The summed E-state index contributed by atoms with van der Waals surface area (Å²) in [6.45, 7) is 5.57. The van der Waals surface area contributed by atoms with Crippen LogP contribution in [0.15, 0.2) is 24.3 Å². The molecule has 0 fully saturated rings. The van der Waals surface area contributed by atoms with Gasteiger partial charge in [0.05, 0.1) is 7.11 Å². The highest BCUT2D eigenvalue weighted by atomic mass is 16.6. The molecule has 1 aromatic carbocycles. The second kappa shape index (κ2) is 6.78. The Morgan fingerprint density at radius 3 is 2.21 bits per heavy atom. The van der Waals surface area contributed by atoms with Gasteiger partial charge in [-0.05, 0) is 25.0 Å². The topological polar surface area (TPSA) is 64.6 Å². The van der Waals surface area contributed by atoms with Crippen molar-refractivity contribution in [2.75, 3.05) is 7.11 Å². The maximum Gasteiger partial charge on any atom is 0.413 e. The molecule has 0 saturated heterocycles. The molecule has 19 heavy (non-hydrogen) atoms. The Labute approximate surface area is 112 Å². The summed E-state index contributed by atoms with van der Waals surface area (Å²) < 4.78 is 9.72. The first kappa shape index (κ1) is 15.0. The summed E-state index contributed by atoms with van der Waals surface area (Å²) in [4.78, 5) is 23.2. The predicted octanol–water partition coefficient (Wildman–Crippen LogP) is 2.28. The van der Waals surface area contributed by atoms with Crippen molar-refractivity contribution in [1.29, 1.82) is 0 Å². The van der Waals surface area contributed by atoms with Gasteiger partial charge in [-0.3, -0.25) is 0 Å². The van der Waals surface area contributed by atoms with Gasteiger partial charge in [0.1, 0.15) is 11.8 Å². The molecule has 0 saturated carbocycles. The van der Waals surface area contributed by atoms with Crippen LogP contribution in [-0.4, -0.2) is 25.2 Å². The summed E-state index contributed by atoms with van der Waals surface area (Å²) in [5.41, 5.74) is 1.07. The van der Waals surface area contributed by atoms with E-state index in [1.807, 2.05) is 32.9 Å². The van der Waals surface area contributed by atoms with Crippen molar-refractivity contribution in [1.82, 2.24) is 5.32 Å². The maximum atomic E-state index is 11.7. The van der Waals surface area contributed by atoms with Gasteiger partial charge in [0.2, 0.25) is 0 Å². The Kier molecular flexibility index (Phi) is 5.36. The first-order valence-electron chi connectivity index (χ1n) is 6.07. The van der Waals surface area contributed by atoms with Crippen LogP contribution in [0.3, 0.4) is 0 Å². The fourth-order valence-corrected chi connectivity index (χ4v) is 1.49. The molecule has 5 heteroatoms. The van der Waals surface area contributed by atoms with Gasteiger partial charge in [-0.25, -0.2) is 9.59 Å². The molecule has 1 aromatic rings. The number of rotatable bonds is 4. The van der Waals surface area contributed by atoms with Crippen LogP contribution in [0.1, 0.15) is 19.4 Å². The van der Waals surface area contributed by atoms with Gasteiger partial charge < -0.3 is 14.8 Å². The van der Waals surface area contributed by atoms with Crippen LogP contribution < -0.4 is 10.1 Å². The monoisotopic (exact) mass is 265 g/mol. The molecule has 1 amide bonds. The Balaban J connectivity index is 2.62. The van der Waals surface area contributed by atoms with Crippen molar-refractivity contribution >= 4 is 12.1 Å². The van der Waals surface area contributed by atoms with Crippen LogP contribution in [-0.2, 0) is 9.53 Å². The average Bonchev–Trinajstić information content (AvgIpc) is 2.37. The van der Waals surface area contributed by atoms with E-state index in [4.69, 9.17) is 4.74 Å². The van der Waals surface area contributed by atoms with Crippen molar-refractivity contribution in [2.24, 2.45) is 5.92 Å². The molecule has 0 spiro atoms. The zero-order chi connectivity index (χ0) is 14.4. The van der Waals surface area contributed by atoms with Crippen molar-refractivity contribution in [2.45, 2.75) is 26.8 Å². The highest BCUT2D eigenvalue weighted by Crippen LogP contribution is 2.12. The molecule has 0 aromatic heterocycles. The van der Waals surface area contributed by atoms with Crippen molar-refractivity contribution < 1.29 is 19.1 Å². The average molecular weight is 265 g/mol. The molecule has 0 aliphatic rings. The second-order valence-corrected chi connectivity index (χ2v) is 4.59. The summed E-state index contributed by atoms with van der Waals surface area (Å²) in [7, 11) is 1.28. The Hall–Kier alpha value is -2.04. The molecule has 0 heterocycles. The van der Waals surface area contributed by atoms with Gasteiger partial charge in [-0.1, -0.05) is 31.5 Å². The molecule has 5 nitrogen and oxygen atoms in total. The van der Waals surface area contributed by atoms with Crippen LogP contribution in [0.4, 0.5) is 4.79 Å². The smallest absolute Gasteiger partial charge is 0.413 e. The van der Waals surface area contributed by atoms with Crippen molar-refractivity contribution in [3.05, 3.63) is 29.8 Å². The van der Waals surface area contributed by atoms with Gasteiger partial charge in [0.25, 0.3) is 0 Å². The van der Waals surface area contributed by atoms with E-state index >= 15 is 0 Å². The zero-order valence-corrected chi connectivity index (χ0v) is 11.6. The normalized spacial score (nSPS) is 11.8. The molecular weight excluding hydrogens is 246 g/mol. The van der Waals surface area contributed by atoms with Gasteiger partial charge in [0.15, 0.2) is 0 Å². The SMILES string of the molecule is COC(=O)C(NC(=O)Oc1ccc(C)cc1)C(C)C. The third-order valence-electron chi connectivity index (χ3n) is 2.63. The van der Waals surface area contributed by atoms with E-state index in [2.05, 4.69) is 10.1 Å². The van der Waals surface area contributed by atoms with Crippen molar-refractivity contribution in [3.63, 3.8) is 0 Å². The van der Waals surface area contributed by atoms with E-state index in [9.17, 15) is 9.59 Å². The molecular formula is C14H19NO4. The molecule has 104 valence electrons. The lowest BCUT2D eigenvalue weighted by Gasteiger charge is -2.19. The van der Waals surface area contributed by atoms with Crippen LogP contribution in [0.2, 0.25) is 0 Å². The highest BCUT2D eigenvalue weighted by molar-refractivity contribution is 5.82. The number of hydrogen-bond acceptors (Lipinski definition) is 4. The van der Waals surface area contributed by atoms with E-state index in [0.29, 0.717) is 5.75 Å². The van der Waals surface area contributed by atoms with E-state index in [1.54, 1.807) is 12.1 Å². The minimum Gasteiger partial charge on any atom is -0.467 e. The first-order valence-corrected chi connectivity index (χ1v) is 6.07. The third-order valence-corrected chi connectivity index (χ3v) is 2.63. The number of methoxy groups -OCH3 is 1. The van der Waals surface area contributed by atoms with Crippen LogP contribution in [0, 0.1) is 12.8 Å². The minimum atomic E-state index is -0.719. The summed E-state index contributed by atoms with van der Waals surface area (Å²) in [6.07, 6.45) is -0.673. The van der Waals surface area contributed by atoms with Gasteiger partial charge in [-0.15, -0.1) is 0 Å². The van der Waals surface area contributed by atoms with Crippen molar-refractivity contribution in [3.8, 4) is 5.75 Å². The molecule has 0 aliphatic carbocycles. The lowest BCUT2D eigenvalue weighted by Crippen LogP contribution is -2.46. The fourth-order valence-electron chi connectivity index (χ4n) is 1.49. The van der Waals surface area contributed by atoms with E-state index in [1.165, 1.54) is 7.11 Å². The summed E-state index contributed by atoms with van der Waals surface area (Å²) in [5, 5.41) is 2.49. The van der Waals surface area contributed by atoms with Crippen LogP contribution in [0.5, 0.6) is 5.75 Å². The fraction of sp³-hybridized carbons (Fsp3) is 0.429. The molecule has 1 N–H and O–H groups in total.